The Morgan fingerprint density at radius 1 is 0.351 bits per heavy atom. The smallest absolute Gasteiger partial charge is 0.166 e. The monoisotopic (exact) mass is 745 g/mol. The Bertz CT molecular complexity index is 3400. The summed E-state index contributed by atoms with van der Waals surface area (Å²) in [6.45, 7) is 0. The molecule has 266 valence electrons. The van der Waals surface area contributed by atoms with Crippen molar-refractivity contribution in [1.82, 2.24) is 24.1 Å². The molecular weight excluding hydrogens is 715 g/mol. The van der Waals surface area contributed by atoms with Gasteiger partial charge in [0.15, 0.2) is 17.5 Å². The zero-order valence-corrected chi connectivity index (χ0v) is 31.4. The molecule has 0 spiro atoms. The highest BCUT2D eigenvalue weighted by atomic mass is 32.1. The zero-order valence-electron chi connectivity index (χ0n) is 30.5. The lowest BCUT2D eigenvalue weighted by Gasteiger charge is -2.12. The molecular formula is C51H31N5S. The number of rotatable bonds is 5. The summed E-state index contributed by atoms with van der Waals surface area (Å²) in [6, 6.07) is 66.6. The van der Waals surface area contributed by atoms with E-state index in [0.717, 1.165) is 44.5 Å². The van der Waals surface area contributed by atoms with E-state index in [0.29, 0.717) is 17.5 Å². The summed E-state index contributed by atoms with van der Waals surface area (Å²) in [5.74, 6) is 1.92. The van der Waals surface area contributed by atoms with Crippen molar-refractivity contribution >= 4 is 75.1 Å². The Labute approximate surface area is 331 Å². The van der Waals surface area contributed by atoms with Crippen molar-refractivity contribution in [3.8, 4) is 45.5 Å². The number of thiophene rings is 1. The number of aromatic nitrogens is 5. The molecule has 5 nitrogen and oxygen atoms in total. The molecule has 4 heterocycles. The lowest BCUT2D eigenvalue weighted by molar-refractivity contribution is 1.07. The van der Waals surface area contributed by atoms with E-state index in [4.69, 9.17) is 15.0 Å². The Balaban J connectivity index is 1.18. The molecule has 0 bridgehead atoms. The predicted molar refractivity (Wildman–Crippen MR) is 238 cm³/mol. The second kappa shape index (κ2) is 12.6. The average Bonchev–Trinajstić information content (AvgIpc) is 3.94. The molecule has 0 fully saturated rings. The minimum Gasteiger partial charge on any atom is -0.309 e. The van der Waals surface area contributed by atoms with E-state index in [1.165, 1.54) is 47.4 Å². The van der Waals surface area contributed by atoms with Crippen LogP contribution < -0.4 is 0 Å². The molecule has 0 N–H and O–H groups in total. The molecule has 8 aromatic carbocycles. The number of hydrogen-bond donors (Lipinski definition) is 0. The number of benzene rings is 8. The second-order valence-corrected chi connectivity index (χ2v) is 15.5. The summed E-state index contributed by atoms with van der Waals surface area (Å²) in [5.41, 5.74) is 9.67. The molecule has 0 amide bonds. The molecule has 12 rings (SSSR count). The Kier molecular flexibility index (Phi) is 7.03. The molecule has 4 aromatic heterocycles. The number of hydrogen-bond acceptors (Lipinski definition) is 4. The van der Waals surface area contributed by atoms with Gasteiger partial charge in [0.25, 0.3) is 0 Å². The van der Waals surface area contributed by atoms with Crippen molar-refractivity contribution in [2.45, 2.75) is 0 Å². The first kappa shape index (κ1) is 31.9. The van der Waals surface area contributed by atoms with Gasteiger partial charge in [0.2, 0.25) is 0 Å². The van der Waals surface area contributed by atoms with Crippen LogP contribution in [0.3, 0.4) is 0 Å². The van der Waals surface area contributed by atoms with E-state index in [1.807, 2.05) is 47.7 Å². The van der Waals surface area contributed by atoms with E-state index in [-0.39, 0.29) is 0 Å². The van der Waals surface area contributed by atoms with E-state index in [1.54, 1.807) is 0 Å². The van der Waals surface area contributed by atoms with Gasteiger partial charge in [-0.05, 0) is 60.7 Å². The average molecular weight is 746 g/mol. The molecule has 0 atom stereocenters. The maximum atomic E-state index is 5.21. The fourth-order valence-corrected chi connectivity index (χ4v) is 9.80. The molecule has 0 aliphatic heterocycles. The normalized spacial score (nSPS) is 11.9. The first-order valence-corrected chi connectivity index (χ1v) is 19.9. The lowest BCUT2D eigenvalue weighted by Crippen LogP contribution is -2.02. The van der Waals surface area contributed by atoms with Gasteiger partial charge in [-0.25, -0.2) is 15.0 Å². The van der Waals surface area contributed by atoms with Crippen LogP contribution in [-0.2, 0) is 0 Å². The zero-order chi connectivity index (χ0) is 37.5. The molecule has 0 radical (unpaired) electrons. The highest BCUT2D eigenvalue weighted by Crippen LogP contribution is 2.46. The van der Waals surface area contributed by atoms with E-state index >= 15 is 0 Å². The molecule has 0 saturated carbocycles. The topological polar surface area (TPSA) is 48.5 Å². The SMILES string of the molecule is c1ccc(-c2nc(-c3ccccc3)nc(-c3cccc4c5c6c(ccc5n(-c5ccccc5)c34)sc3ccc(-n4c5ccccc5c5ccccc54)cc36)n2)cc1. The minimum atomic E-state index is 0.633. The highest BCUT2D eigenvalue weighted by molar-refractivity contribution is 7.26. The fourth-order valence-electron chi connectivity index (χ4n) is 8.71. The van der Waals surface area contributed by atoms with Crippen molar-refractivity contribution in [2.75, 3.05) is 0 Å². The van der Waals surface area contributed by atoms with Crippen LogP contribution in [0.5, 0.6) is 0 Å². The molecule has 0 aliphatic rings. The maximum Gasteiger partial charge on any atom is 0.166 e. The van der Waals surface area contributed by atoms with Crippen LogP contribution in [0.2, 0.25) is 0 Å². The highest BCUT2D eigenvalue weighted by Gasteiger charge is 2.23. The van der Waals surface area contributed by atoms with Gasteiger partial charge in [-0.1, -0.05) is 127 Å². The number of fused-ring (bicyclic) bond motifs is 10. The molecule has 0 saturated heterocycles. The predicted octanol–water partition coefficient (Wildman–Crippen LogP) is 13.4. The van der Waals surface area contributed by atoms with Crippen LogP contribution in [0.1, 0.15) is 0 Å². The van der Waals surface area contributed by atoms with E-state index < -0.39 is 0 Å². The first-order valence-electron chi connectivity index (χ1n) is 19.1. The summed E-state index contributed by atoms with van der Waals surface area (Å²) in [7, 11) is 0. The van der Waals surface area contributed by atoms with Crippen molar-refractivity contribution in [3.63, 3.8) is 0 Å². The van der Waals surface area contributed by atoms with Crippen LogP contribution in [-0.4, -0.2) is 24.1 Å². The summed E-state index contributed by atoms with van der Waals surface area (Å²) < 4.78 is 7.33. The van der Waals surface area contributed by atoms with Crippen molar-refractivity contribution < 1.29 is 0 Å². The standard InChI is InChI=1S/C51H31N5S/c1-4-15-32(16-5-1)49-52-50(33-17-6-2-7-18-33)54-51(53-49)39-24-14-23-38-46-43(56(48(38)39)34-19-8-3-9-20-34)28-30-45-47(46)40-31-35(27-29-44(40)57-45)55-41-25-12-10-21-36(41)37-22-11-13-26-42(37)55/h1-31H. The van der Waals surface area contributed by atoms with Gasteiger partial charge in [0.05, 0.1) is 22.1 Å². The molecule has 6 heteroatoms. The van der Waals surface area contributed by atoms with Crippen LogP contribution in [0.25, 0.3) is 109 Å². The van der Waals surface area contributed by atoms with Gasteiger partial charge in [0, 0.05) is 69.8 Å². The van der Waals surface area contributed by atoms with Crippen LogP contribution in [0, 0.1) is 0 Å². The molecule has 12 aromatic rings. The van der Waals surface area contributed by atoms with Crippen molar-refractivity contribution in [2.24, 2.45) is 0 Å². The minimum absolute atomic E-state index is 0.633. The Morgan fingerprint density at radius 3 is 1.58 bits per heavy atom. The third-order valence-electron chi connectivity index (χ3n) is 11.2. The maximum absolute atomic E-state index is 5.21. The summed E-state index contributed by atoms with van der Waals surface area (Å²) in [5, 5.41) is 7.40. The molecule has 57 heavy (non-hydrogen) atoms. The van der Waals surface area contributed by atoms with Crippen molar-refractivity contribution in [1.29, 1.82) is 0 Å². The van der Waals surface area contributed by atoms with E-state index in [9.17, 15) is 0 Å². The second-order valence-electron chi connectivity index (χ2n) is 14.4. The van der Waals surface area contributed by atoms with Gasteiger partial charge in [0.1, 0.15) is 0 Å². The summed E-state index contributed by atoms with van der Waals surface area (Å²) in [6.07, 6.45) is 0. The largest absolute Gasteiger partial charge is 0.309 e. The Hall–Kier alpha value is -7.41. The summed E-state index contributed by atoms with van der Waals surface area (Å²) in [4.78, 5) is 15.4. The van der Waals surface area contributed by atoms with Crippen LogP contribution in [0.15, 0.2) is 188 Å². The summed E-state index contributed by atoms with van der Waals surface area (Å²) >= 11 is 1.85. The lowest BCUT2D eigenvalue weighted by atomic mass is 10.0. The van der Waals surface area contributed by atoms with Gasteiger partial charge in [-0.15, -0.1) is 11.3 Å². The molecule has 0 unspecified atom stereocenters. The van der Waals surface area contributed by atoms with Gasteiger partial charge in [-0.3, -0.25) is 0 Å². The third-order valence-corrected chi connectivity index (χ3v) is 12.3. The van der Waals surface area contributed by atoms with Crippen LogP contribution >= 0.6 is 11.3 Å². The van der Waals surface area contributed by atoms with Gasteiger partial charge in [-0.2, -0.15) is 0 Å². The van der Waals surface area contributed by atoms with Gasteiger partial charge >= 0.3 is 0 Å². The number of nitrogens with zero attached hydrogens (tertiary/aromatic N) is 5. The van der Waals surface area contributed by atoms with Crippen LogP contribution in [0.4, 0.5) is 0 Å². The van der Waals surface area contributed by atoms with Gasteiger partial charge < -0.3 is 9.13 Å². The van der Waals surface area contributed by atoms with E-state index in [2.05, 4.69) is 161 Å². The third kappa shape index (κ3) is 4.91. The molecule has 0 aliphatic carbocycles. The fraction of sp³-hybridized carbons (Fsp3) is 0. The quantitative estimate of drug-likeness (QED) is 0.176. The first-order chi connectivity index (χ1) is 28.3. The Morgan fingerprint density at radius 2 is 0.912 bits per heavy atom. The van der Waals surface area contributed by atoms with Crippen molar-refractivity contribution in [3.05, 3.63) is 188 Å². The number of para-hydroxylation sites is 4.